The van der Waals surface area contributed by atoms with Crippen LogP contribution in [0, 0.1) is 6.92 Å². The first kappa shape index (κ1) is 15.0. The third-order valence-electron chi connectivity index (χ3n) is 2.87. The molecule has 1 saturated heterocycles. The number of carboxylic acid groups (broad SMARTS) is 1. The standard InChI is InChI=1S/C12H13N3O5S/c1-6-3-7(11(18)19)10(21-6)13-8(16)4-15-9(17)5-14(2)12(15)20/h3H,4-5H2,1-2H3,(H,13,16)(H,18,19). The minimum atomic E-state index is -1.15. The van der Waals surface area contributed by atoms with E-state index < -0.39 is 30.4 Å². The van der Waals surface area contributed by atoms with Crippen LogP contribution in [0.1, 0.15) is 15.2 Å². The molecule has 2 rings (SSSR count). The summed E-state index contributed by atoms with van der Waals surface area (Å²) in [5.41, 5.74) is -0.0120. The Labute approximate surface area is 123 Å². The maximum atomic E-state index is 11.9. The van der Waals surface area contributed by atoms with E-state index in [1.54, 1.807) is 6.92 Å². The van der Waals surface area contributed by atoms with Gasteiger partial charge in [0.25, 0.3) is 5.91 Å². The number of carbonyl (C=O) groups is 4. The van der Waals surface area contributed by atoms with Crippen LogP contribution in [0.25, 0.3) is 0 Å². The molecular weight excluding hydrogens is 298 g/mol. The van der Waals surface area contributed by atoms with Crippen molar-refractivity contribution in [2.75, 3.05) is 25.5 Å². The summed E-state index contributed by atoms with van der Waals surface area (Å²) < 4.78 is 0. The van der Waals surface area contributed by atoms with Gasteiger partial charge in [-0.1, -0.05) is 0 Å². The predicted octanol–water partition coefficient (Wildman–Crippen LogP) is 0.587. The summed E-state index contributed by atoms with van der Waals surface area (Å²) in [7, 11) is 1.46. The molecule has 112 valence electrons. The van der Waals surface area contributed by atoms with Gasteiger partial charge in [0, 0.05) is 11.9 Å². The maximum absolute atomic E-state index is 11.9. The number of likely N-dealkylation sites (N-methyl/N-ethyl adjacent to an activating group) is 1. The van der Waals surface area contributed by atoms with Gasteiger partial charge in [-0.25, -0.2) is 9.59 Å². The van der Waals surface area contributed by atoms with Gasteiger partial charge in [0.05, 0.1) is 5.56 Å². The number of hydrogen-bond acceptors (Lipinski definition) is 5. The summed E-state index contributed by atoms with van der Waals surface area (Å²) in [6.07, 6.45) is 0. The van der Waals surface area contributed by atoms with Crippen LogP contribution in [-0.2, 0) is 9.59 Å². The van der Waals surface area contributed by atoms with Gasteiger partial charge in [0.2, 0.25) is 5.91 Å². The number of aryl methyl sites for hydroxylation is 1. The topological polar surface area (TPSA) is 107 Å². The molecule has 4 amide bonds. The van der Waals surface area contributed by atoms with Gasteiger partial charge in [-0.3, -0.25) is 14.5 Å². The third kappa shape index (κ3) is 3.02. The van der Waals surface area contributed by atoms with E-state index in [4.69, 9.17) is 5.11 Å². The number of carboxylic acids is 1. The monoisotopic (exact) mass is 311 g/mol. The summed E-state index contributed by atoms with van der Waals surface area (Å²) in [6.45, 7) is 1.22. The average molecular weight is 311 g/mol. The zero-order valence-electron chi connectivity index (χ0n) is 11.4. The lowest BCUT2D eigenvalue weighted by atomic mass is 10.3. The number of amides is 4. The van der Waals surface area contributed by atoms with Crippen LogP contribution in [0.15, 0.2) is 6.07 Å². The van der Waals surface area contributed by atoms with E-state index in [0.29, 0.717) is 0 Å². The first-order valence-electron chi connectivity index (χ1n) is 5.98. The molecule has 0 spiro atoms. The van der Waals surface area contributed by atoms with Crippen molar-refractivity contribution in [3.63, 3.8) is 0 Å². The number of nitrogens with zero attached hydrogens (tertiary/aromatic N) is 2. The van der Waals surface area contributed by atoms with Gasteiger partial charge in [0.1, 0.15) is 18.1 Å². The van der Waals surface area contributed by atoms with E-state index in [9.17, 15) is 19.2 Å². The molecule has 0 saturated carbocycles. The van der Waals surface area contributed by atoms with Crippen LogP contribution in [0.4, 0.5) is 9.80 Å². The second kappa shape index (κ2) is 5.52. The summed E-state index contributed by atoms with van der Waals surface area (Å²) in [5.74, 6) is -2.22. The molecule has 8 nitrogen and oxygen atoms in total. The Kier molecular flexibility index (Phi) is 3.94. The largest absolute Gasteiger partial charge is 0.478 e. The molecule has 1 aromatic heterocycles. The number of aromatic carboxylic acids is 1. The molecule has 9 heteroatoms. The summed E-state index contributed by atoms with van der Waals surface area (Å²) in [5, 5.41) is 11.6. The van der Waals surface area contributed by atoms with Crippen LogP contribution in [0.2, 0.25) is 0 Å². The second-order valence-electron chi connectivity index (χ2n) is 4.57. The van der Waals surface area contributed by atoms with Crippen molar-refractivity contribution in [1.82, 2.24) is 9.80 Å². The lowest BCUT2D eigenvalue weighted by Crippen LogP contribution is -2.38. The molecule has 2 heterocycles. The summed E-state index contributed by atoms with van der Waals surface area (Å²) in [6, 6.07) is 0.902. The number of nitrogens with one attached hydrogen (secondary N) is 1. The molecule has 21 heavy (non-hydrogen) atoms. The van der Waals surface area contributed by atoms with Crippen LogP contribution in [-0.4, -0.2) is 58.9 Å². The Morgan fingerprint density at radius 2 is 2.10 bits per heavy atom. The van der Waals surface area contributed by atoms with Crippen molar-refractivity contribution in [3.8, 4) is 0 Å². The van der Waals surface area contributed by atoms with Crippen molar-refractivity contribution in [2.24, 2.45) is 0 Å². The highest BCUT2D eigenvalue weighted by Gasteiger charge is 2.35. The number of imide groups is 1. The summed E-state index contributed by atoms with van der Waals surface area (Å²) in [4.78, 5) is 48.9. The molecule has 1 aliphatic rings. The second-order valence-corrected chi connectivity index (χ2v) is 5.83. The Hall–Kier alpha value is -2.42. The van der Waals surface area contributed by atoms with Crippen molar-refractivity contribution >= 4 is 40.2 Å². The van der Waals surface area contributed by atoms with E-state index in [-0.39, 0.29) is 17.1 Å². The average Bonchev–Trinajstić information content (AvgIpc) is 2.85. The lowest BCUT2D eigenvalue weighted by Gasteiger charge is -2.13. The van der Waals surface area contributed by atoms with Gasteiger partial charge >= 0.3 is 12.0 Å². The van der Waals surface area contributed by atoms with Crippen LogP contribution in [0.5, 0.6) is 0 Å². The smallest absolute Gasteiger partial charge is 0.338 e. The molecule has 0 radical (unpaired) electrons. The molecule has 0 atom stereocenters. The fourth-order valence-corrected chi connectivity index (χ4v) is 2.82. The molecule has 2 N–H and O–H groups in total. The van der Waals surface area contributed by atoms with Crippen LogP contribution < -0.4 is 5.32 Å². The molecule has 1 fully saturated rings. The van der Waals surface area contributed by atoms with E-state index in [0.717, 1.165) is 21.1 Å². The SMILES string of the molecule is Cc1cc(C(=O)O)c(NC(=O)CN2C(=O)CN(C)C2=O)s1. The Morgan fingerprint density at radius 1 is 1.43 bits per heavy atom. The van der Waals surface area contributed by atoms with Gasteiger partial charge in [-0.05, 0) is 13.0 Å². The molecule has 0 aliphatic carbocycles. The third-order valence-corrected chi connectivity index (χ3v) is 3.84. The highest BCUT2D eigenvalue weighted by molar-refractivity contribution is 7.16. The summed E-state index contributed by atoms with van der Waals surface area (Å²) >= 11 is 1.12. The highest BCUT2D eigenvalue weighted by atomic mass is 32.1. The normalized spacial score (nSPS) is 14.8. The molecule has 0 unspecified atom stereocenters. The number of hydrogen-bond donors (Lipinski definition) is 2. The number of rotatable bonds is 4. The molecule has 0 bridgehead atoms. The lowest BCUT2D eigenvalue weighted by molar-refractivity contribution is -0.129. The highest BCUT2D eigenvalue weighted by Crippen LogP contribution is 2.27. The van der Waals surface area contributed by atoms with Gasteiger partial charge in [-0.15, -0.1) is 11.3 Å². The maximum Gasteiger partial charge on any atom is 0.338 e. The van der Waals surface area contributed by atoms with Gasteiger partial charge < -0.3 is 15.3 Å². The minimum absolute atomic E-state index is 0.0120. The van der Waals surface area contributed by atoms with Crippen LogP contribution >= 0.6 is 11.3 Å². The Morgan fingerprint density at radius 3 is 2.62 bits per heavy atom. The first-order valence-corrected chi connectivity index (χ1v) is 6.80. The Balaban J connectivity index is 2.07. The van der Waals surface area contributed by atoms with E-state index in [1.807, 2.05) is 0 Å². The van der Waals surface area contributed by atoms with Crippen molar-refractivity contribution in [1.29, 1.82) is 0 Å². The van der Waals surface area contributed by atoms with Crippen molar-refractivity contribution < 1.29 is 24.3 Å². The fourth-order valence-electron chi connectivity index (χ4n) is 1.90. The first-order chi connectivity index (χ1) is 9.79. The zero-order valence-corrected chi connectivity index (χ0v) is 12.2. The molecule has 1 aromatic rings. The Bertz CT molecular complexity index is 639. The van der Waals surface area contributed by atoms with Gasteiger partial charge in [-0.2, -0.15) is 0 Å². The van der Waals surface area contributed by atoms with Crippen LogP contribution in [0.3, 0.4) is 0 Å². The molecule has 0 aromatic carbocycles. The fraction of sp³-hybridized carbons (Fsp3) is 0.333. The quantitative estimate of drug-likeness (QED) is 0.791. The zero-order chi connectivity index (χ0) is 15.7. The molecule has 1 aliphatic heterocycles. The van der Waals surface area contributed by atoms with Crippen molar-refractivity contribution in [2.45, 2.75) is 6.92 Å². The molecular formula is C12H13N3O5S. The van der Waals surface area contributed by atoms with E-state index in [2.05, 4.69) is 5.32 Å². The van der Waals surface area contributed by atoms with Gasteiger partial charge in [0.15, 0.2) is 0 Å². The predicted molar refractivity (Wildman–Crippen MR) is 74.4 cm³/mol. The number of anilines is 1. The van der Waals surface area contributed by atoms with Crippen molar-refractivity contribution in [3.05, 3.63) is 16.5 Å². The minimum Gasteiger partial charge on any atom is -0.478 e. The van der Waals surface area contributed by atoms with E-state index >= 15 is 0 Å². The number of thiophene rings is 1. The number of urea groups is 1. The van der Waals surface area contributed by atoms with E-state index in [1.165, 1.54) is 18.0 Å². The number of carbonyl (C=O) groups excluding carboxylic acids is 3.